The summed E-state index contributed by atoms with van der Waals surface area (Å²) in [4.78, 5) is 0. The first-order valence-corrected chi connectivity index (χ1v) is 11.9. The number of benzene rings is 4. The van der Waals surface area contributed by atoms with Gasteiger partial charge in [0.1, 0.15) is 5.75 Å². The monoisotopic (exact) mass is 491 g/mol. The minimum absolute atomic E-state index is 0.542. The molecule has 1 aliphatic carbocycles. The van der Waals surface area contributed by atoms with Crippen LogP contribution in [0.1, 0.15) is 12.0 Å². The molecule has 1 aromatic heterocycles. The summed E-state index contributed by atoms with van der Waals surface area (Å²) in [6.45, 7) is 0. The predicted molar refractivity (Wildman–Crippen MR) is 141 cm³/mol. The van der Waals surface area contributed by atoms with Crippen molar-refractivity contribution < 1.29 is 4.74 Å². The van der Waals surface area contributed by atoms with Crippen LogP contribution in [-0.2, 0) is 0 Å². The smallest absolute Gasteiger partial charge is 0.185 e. The lowest BCUT2D eigenvalue weighted by molar-refractivity contribution is 0.225. The van der Waals surface area contributed by atoms with Crippen LogP contribution in [-0.4, -0.2) is 9.08 Å². The Hall–Kier alpha value is -3.56. The zero-order valence-corrected chi connectivity index (χ0v) is 19.6. The van der Waals surface area contributed by atoms with Crippen molar-refractivity contribution in [1.82, 2.24) is 4.57 Å². The average molecular weight is 492 g/mol. The maximum Gasteiger partial charge on any atom is 0.185 e. The van der Waals surface area contributed by atoms with E-state index in [0.29, 0.717) is 0 Å². The maximum atomic E-state index is 6.35. The fraction of sp³-hybridized carbons (Fsp3) is 0.0667. The van der Waals surface area contributed by atoms with Gasteiger partial charge in [0.2, 0.25) is 0 Å². The first-order chi connectivity index (χ1) is 16.2. The molecule has 33 heavy (non-hydrogen) atoms. The van der Waals surface area contributed by atoms with Crippen LogP contribution in [0.3, 0.4) is 0 Å². The van der Waals surface area contributed by atoms with Crippen molar-refractivity contribution in [2.75, 3.05) is 0 Å². The van der Waals surface area contributed by atoms with Crippen molar-refractivity contribution in [3.05, 3.63) is 127 Å². The van der Waals surface area contributed by atoms with E-state index in [4.69, 9.17) is 4.74 Å². The van der Waals surface area contributed by atoms with Gasteiger partial charge in [-0.1, -0.05) is 78.9 Å². The van der Waals surface area contributed by atoms with Gasteiger partial charge in [-0.05, 0) is 69.5 Å². The van der Waals surface area contributed by atoms with Gasteiger partial charge in [0.05, 0.1) is 11.0 Å². The first kappa shape index (κ1) is 20.1. The van der Waals surface area contributed by atoms with Crippen molar-refractivity contribution in [1.29, 1.82) is 0 Å². The van der Waals surface area contributed by atoms with Gasteiger partial charge in [0.25, 0.3) is 0 Å². The van der Waals surface area contributed by atoms with Gasteiger partial charge in [-0.25, -0.2) is 0 Å². The molecule has 0 fully saturated rings. The van der Waals surface area contributed by atoms with Crippen molar-refractivity contribution in [3.63, 3.8) is 0 Å². The number of rotatable bonds is 4. The molecular formula is C30H22BrNO. The minimum Gasteiger partial charge on any atom is -0.472 e. The normalized spacial score (nSPS) is 17.9. The summed E-state index contributed by atoms with van der Waals surface area (Å²) in [5.41, 5.74) is 5.97. The summed E-state index contributed by atoms with van der Waals surface area (Å²) < 4.78 is 8.12. The molecule has 6 rings (SSSR count). The molecule has 3 heteroatoms. The molecule has 5 aromatic rings. The molecule has 1 atom stereocenters. The lowest BCUT2D eigenvalue weighted by atomic mass is 9.98. The third-order valence-electron chi connectivity index (χ3n) is 6.18. The third-order valence-corrected chi connectivity index (χ3v) is 6.93. The van der Waals surface area contributed by atoms with Crippen LogP contribution in [0.25, 0.3) is 33.1 Å². The number of fused-ring (bicyclic) bond motifs is 3. The second-order valence-corrected chi connectivity index (χ2v) is 9.66. The van der Waals surface area contributed by atoms with E-state index < -0.39 is 4.51 Å². The van der Waals surface area contributed by atoms with Crippen LogP contribution in [0.2, 0.25) is 0 Å². The minimum atomic E-state index is -0.542. The molecule has 0 N–H and O–H groups in total. The highest BCUT2D eigenvalue weighted by Gasteiger charge is 2.27. The molecule has 0 amide bonds. The number of hydrogen-bond donors (Lipinski definition) is 0. The Labute approximate surface area is 201 Å². The van der Waals surface area contributed by atoms with Crippen LogP contribution in [0.4, 0.5) is 0 Å². The van der Waals surface area contributed by atoms with Gasteiger partial charge in [-0.2, -0.15) is 0 Å². The highest BCUT2D eigenvalue weighted by molar-refractivity contribution is 9.10. The number of ether oxygens (including phenoxy) is 1. The number of hydrogen-bond acceptors (Lipinski definition) is 1. The fourth-order valence-electron chi connectivity index (χ4n) is 4.58. The van der Waals surface area contributed by atoms with Gasteiger partial charge in [-0.3, -0.25) is 0 Å². The molecule has 0 unspecified atom stereocenters. The SMILES string of the molecule is Br[C@]1(Oc2ccc(-n3c4ccccc4c4ccccc43)cc2)C=CC(c2ccccc2)=CC1. The molecule has 1 aliphatic rings. The molecule has 1 heterocycles. The molecule has 160 valence electrons. The Balaban J connectivity index is 1.28. The molecule has 4 aromatic carbocycles. The van der Waals surface area contributed by atoms with E-state index in [1.807, 2.05) is 18.2 Å². The lowest BCUT2D eigenvalue weighted by Crippen LogP contribution is -2.26. The second kappa shape index (κ2) is 8.09. The zero-order valence-electron chi connectivity index (χ0n) is 18.0. The second-order valence-electron chi connectivity index (χ2n) is 8.31. The standard InChI is InChI=1S/C30H22BrNO/c31-30(20-18-23(19-21-30)22-8-2-1-3-9-22)33-25-16-14-24(15-17-25)32-28-12-6-4-10-26(28)27-11-5-7-13-29(27)32/h1-20H,21H2/t30-/m0/s1. The summed E-state index contributed by atoms with van der Waals surface area (Å²) in [6, 6.07) is 35.9. The lowest BCUT2D eigenvalue weighted by Gasteiger charge is -2.27. The number of halogens is 1. The van der Waals surface area contributed by atoms with E-state index in [-0.39, 0.29) is 0 Å². The zero-order chi connectivity index (χ0) is 22.3. The molecule has 2 nitrogen and oxygen atoms in total. The van der Waals surface area contributed by atoms with Crippen LogP contribution >= 0.6 is 15.9 Å². The van der Waals surface area contributed by atoms with E-state index in [2.05, 4.69) is 124 Å². The highest BCUT2D eigenvalue weighted by atomic mass is 79.9. The fourth-order valence-corrected chi connectivity index (χ4v) is 5.06. The number of para-hydroxylation sites is 2. The van der Waals surface area contributed by atoms with Crippen molar-refractivity contribution in [2.24, 2.45) is 0 Å². The summed E-state index contributed by atoms with van der Waals surface area (Å²) in [5, 5.41) is 2.53. The molecule has 0 radical (unpaired) electrons. The molecule has 0 saturated heterocycles. The number of nitrogens with zero attached hydrogens (tertiary/aromatic N) is 1. The van der Waals surface area contributed by atoms with Crippen LogP contribution in [0, 0.1) is 0 Å². The van der Waals surface area contributed by atoms with E-state index in [0.717, 1.165) is 17.9 Å². The Morgan fingerprint density at radius 2 is 1.30 bits per heavy atom. The quantitative estimate of drug-likeness (QED) is 0.230. The highest BCUT2D eigenvalue weighted by Crippen LogP contribution is 2.36. The topological polar surface area (TPSA) is 14.2 Å². The number of allylic oxidation sites excluding steroid dienone is 2. The molecule has 0 aliphatic heterocycles. The van der Waals surface area contributed by atoms with Crippen molar-refractivity contribution in [3.8, 4) is 11.4 Å². The Morgan fingerprint density at radius 3 is 1.91 bits per heavy atom. The Bertz CT molecular complexity index is 1460. The average Bonchev–Trinajstić information content (AvgIpc) is 3.20. The number of alkyl halides is 1. The Kier molecular flexibility index (Phi) is 4.92. The molecule has 0 spiro atoms. The van der Waals surface area contributed by atoms with E-state index in [1.54, 1.807) is 0 Å². The van der Waals surface area contributed by atoms with Crippen LogP contribution < -0.4 is 4.74 Å². The van der Waals surface area contributed by atoms with Crippen molar-refractivity contribution >= 4 is 43.3 Å². The van der Waals surface area contributed by atoms with Gasteiger partial charge >= 0.3 is 0 Å². The van der Waals surface area contributed by atoms with Gasteiger partial charge in [0, 0.05) is 22.9 Å². The van der Waals surface area contributed by atoms with Crippen LogP contribution in [0.5, 0.6) is 5.75 Å². The molecular weight excluding hydrogens is 470 g/mol. The van der Waals surface area contributed by atoms with Gasteiger partial charge in [0.15, 0.2) is 4.51 Å². The third kappa shape index (κ3) is 3.69. The van der Waals surface area contributed by atoms with Crippen LogP contribution in [0.15, 0.2) is 121 Å². The van der Waals surface area contributed by atoms with E-state index in [1.165, 1.54) is 32.9 Å². The summed E-state index contributed by atoms with van der Waals surface area (Å²) in [7, 11) is 0. The summed E-state index contributed by atoms with van der Waals surface area (Å²) in [5.74, 6) is 0.831. The summed E-state index contributed by atoms with van der Waals surface area (Å²) >= 11 is 3.80. The van der Waals surface area contributed by atoms with E-state index in [9.17, 15) is 0 Å². The molecule has 0 bridgehead atoms. The largest absolute Gasteiger partial charge is 0.472 e. The van der Waals surface area contributed by atoms with Crippen molar-refractivity contribution in [2.45, 2.75) is 10.9 Å². The predicted octanol–water partition coefficient (Wildman–Crippen LogP) is 8.30. The summed E-state index contributed by atoms with van der Waals surface area (Å²) in [6.07, 6.45) is 7.19. The van der Waals surface area contributed by atoms with E-state index >= 15 is 0 Å². The Morgan fingerprint density at radius 1 is 0.697 bits per heavy atom. The number of aromatic nitrogens is 1. The first-order valence-electron chi connectivity index (χ1n) is 11.1. The molecule has 0 saturated carbocycles. The van der Waals surface area contributed by atoms with Gasteiger partial charge < -0.3 is 9.30 Å². The maximum absolute atomic E-state index is 6.35. The van der Waals surface area contributed by atoms with Gasteiger partial charge in [-0.15, -0.1) is 0 Å².